The zero-order valence-corrected chi connectivity index (χ0v) is 14.7. The first-order chi connectivity index (χ1) is 10.0. The van der Waals surface area contributed by atoms with Crippen molar-refractivity contribution in [1.82, 2.24) is 4.90 Å². The second-order valence-electron chi connectivity index (χ2n) is 8.57. The molecule has 1 heterocycles. The van der Waals surface area contributed by atoms with Crippen molar-refractivity contribution in [2.24, 2.45) is 23.0 Å². The quantitative estimate of drug-likeness (QED) is 0.785. The summed E-state index contributed by atoms with van der Waals surface area (Å²) in [7, 11) is 0. The highest BCUT2D eigenvalue weighted by Gasteiger charge is 2.33. The van der Waals surface area contributed by atoms with Crippen LogP contribution in [0.4, 0.5) is 0 Å². The van der Waals surface area contributed by atoms with Crippen molar-refractivity contribution in [3.05, 3.63) is 0 Å². The SMILES string of the molecule is CC(C)(C)C(CCN)CCCN1CCCC2CCCCC21. The van der Waals surface area contributed by atoms with Crippen molar-refractivity contribution < 1.29 is 0 Å². The average molecular weight is 295 g/mol. The Labute approximate surface area is 132 Å². The zero-order valence-electron chi connectivity index (χ0n) is 14.7. The highest BCUT2D eigenvalue weighted by Crippen LogP contribution is 2.36. The van der Waals surface area contributed by atoms with E-state index in [9.17, 15) is 0 Å². The van der Waals surface area contributed by atoms with E-state index < -0.39 is 0 Å². The molecule has 0 bridgehead atoms. The van der Waals surface area contributed by atoms with Gasteiger partial charge in [0, 0.05) is 6.04 Å². The Morgan fingerprint density at radius 3 is 2.48 bits per heavy atom. The molecule has 0 aromatic rings. The molecular formula is C19H38N2. The summed E-state index contributed by atoms with van der Waals surface area (Å²) in [6, 6.07) is 0.926. The highest BCUT2D eigenvalue weighted by atomic mass is 15.2. The molecule has 2 aliphatic rings. The van der Waals surface area contributed by atoms with Crippen LogP contribution in [0.5, 0.6) is 0 Å². The fraction of sp³-hybridized carbons (Fsp3) is 1.00. The van der Waals surface area contributed by atoms with Crippen LogP contribution in [0.25, 0.3) is 0 Å². The normalized spacial score (nSPS) is 29.1. The predicted octanol–water partition coefficient (Wildman–Crippen LogP) is 4.43. The molecule has 0 aromatic carbocycles. The Bertz CT molecular complexity index is 292. The molecule has 2 heteroatoms. The third-order valence-electron chi connectivity index (χ3n) is 6.10. The number of likely N-dealkylation sites (tertiary alicyclic amines) is 1. The molecule has 0 aromatic heterocycles. The summed E-state index contributed by atoms with van der Waals surface area (Å²) in [6.45, 7) is 10.7. The summed E-state index contributed by atoms with van der Waals surface area (Å²) >= 11 is 0. The predicted molar refractivity (Wildman–Crippen MR) is 92.4 cm³/mol. The van der Waals surface area contributed by atoms with Crippen molar-refractivity contribution in [3.63, 3.8) is 0 Å². The van der Waals surface area contributed by atoms with E-state index in [0.29, 0.717) is 5.41 Å². The molecule has 21 heavy (non-hydrogen) atoms. The van der Waals surface area contributed by atoms with Crippen LogP contribution in [0, 0.1) is 17.3 Å². The minimum atomic E-state index is 0.411. The van der Waals surface area contributed by atoms with Gasteiger partial charge in [-0.2, -0.15) is 0 Å². The summed E-state index contributed by atoms with van der Waals surface area (Å²) in [5, 5.41) is 0. The van der Waals surface area contributed by atoms with E-state index in [2.05, 4.69) is 25.7 Å². The first-order valence-corrected chi connectivity index (χ1v) is 9.46. The summed E-state index contributed by atoms with van der Waals surface area (Å²) in [5.41, 5.74) is 6.23. The standard InChI is InChI=1S/C19H38N2/c1-19(2,3)17(12-13-20)10-7-15-21-14-6-9-16-8-4-5-11-18(16)21/h16-18H,4-15,20H2,1-3H3. The molecule has 1 saturated carbocycles. The molecule has 0 spiro atoms. The lowest BCUT2D eigenvalue weighted by molar-refractivity contribution is 0.0565. The number of rotatable bonds is 6. The summed E-state index contributed by atoms with van der Waals surface area (Å²) in [6.07, 6.45) is 12.8. The molecule has 1 aliphatic carbocycles. The fourth-order valence-corrected chi connectivity index (χ4v) is 4.76. The second kappa shape index (κ2) is 7.97. The largest absolute Gasteiger partial charge is 0.330 e. The summed E-state index contributed by atoms with van der Waals surface area (Å²) in [4.78, 5) is 2.84. The fourth-order valence-electron chi connectivity index (χ4n) is 4.76. The van der Waals surface area contributed by atoms with Crippen molar-refractivity contribution in [3.8, 4) is 0 Å². The van der Waals surface area contributed by atoms with Gasteiger partial charge in [-0.05, 0) is 81.8 Å². The minimum absolute atomic E-state index is 0.411. The van der Waals surface area contributed by atoms with E-state index in [-0.39, 0.29) is 0 Å². The van der Waals surface area contributed by atoms with Crippen LogP contribution in [0.2, 0.25) is 0 Å². The third kappa shape index (κ3) is 4.96. The highest BCUT2D eigenvalue weighted by molar-refractivity contribution is 4.87. The van der Waals surface area contributed by atoms with E-state index in [4.69, 9.17) is 5.73 Å². The minimum Gasteiger partial charge on any atom is -0.330 e. The maximum absolute atomic E-state index is 5.82. The summed E-state index contributed by atoms with van der Waals surface area (Å²) < 4.78 is 0. The van der Waals surface area contributed by atoms with Crippen molar-refractivity contribution >= 4 is 0 Å². The number of fused-ring (bicyclic) bond motifs is 1. The van der Waals surface area contributed by atoms with Gasteiger partial charge in [-0.1, -0.05) is 33.6 Å². The topological polar surface area (TPSA) is 29.3 Å². The molecule has 3 atom stereocenters. The van der Waals surface area contributed by atoms with Gasteiger partial charge in [0.15, 0.2) is 0 Å². The van der Waals surface area contributed by atoms with Gasteiger partial charge in [-0.25, -0.2) is 0 Å². The Kier molecular flexibility index (Phi) is 6.55. The van der Waals surface area contributed by atoms with Crippen molar-refractivity contribution in [2.45, 2.75) is 84.6 Å². The molecule has 0 radical (unpaired) electrons. The van der Waals surface area contributed by atoms with Crippen LogP contribution in [0.1, 0.15) is 78.6 Å². The maximum Gasteiger partial charge on any atom is 0.0123 e. The first kappa shape index (κ1) is 17.3. The van der Waals surface area contributed by atoms with Crippen molar-refractivity contribution in [1.29, 1.82) is 0 Å². The smallest absolute Gasteiger partial charge is 0.0123 e. The molecule has 2 nitrogen and oxygen atoms in total. The van der Waals surface area contributed by atoms with E-state index >= 15 is 0 Å². The van der Waals surface area contributed by atoms with Crippen LogP contribution < -0.4 is 5.73 Å². The van der Waals surface area contributed by atoms with Crippen LogP contribution in [0.15, 0.2) is 0 Å². The molecule has 2 fully saturated rings. The van der Waals surface area contributed by atoms with Crippen LogP contribution in [-0.4, -0.2) is 30.6 Å². The van der Waals surface area contributed by atoms with Gasteiger partial charge in [0.1, 0.15) is 0 Å². The number of hydrogen-bond acceptors (Lipinski definition) is 2. The Balaban J connectivity index is 1.78. The Hall–Kier alpha value is -0.0800. The maximum atomic E-state index is 5.82. The van der Waals surface area contributed by atoms with Gasteiger partial charge in [0.05, 0.1) is 0 Å². The molecule has 2 N–H and O–H groups in total. The van der Waals surface area contributed by atoms with Gasteiger partial charge >= 0.3 is 0 Å². The van der Waals surface area contributed by atoms with Gasteiger partial charge in [0.25, 0.3) is 0 Å². The van der Waals surface area contributed by atoms with Crippen LogP contribution in [0.3, 0.4) is 0 Å². The zero-order chi connectivity index (χ0) is 15.3. The van der Waals surface area contributed by atoms with E-state index in [0.717, 1.165) is 24.4 Å². The van der Waals surface area contributed by atoms with E-state index in [1.165, 1.54) is 70.9 Å². The number of hydrogen-bond donors (Lipinski definition) is 1. The molecular weight excluding hydrogens is 256 g/mol. The second-order valence-corrected chi connectivity index (χ2v) is 8.57. The van der Waals surface area contributed by atoms with Crippen molar-refractivity contribution in [2.75, 3.05) is 19.6 Å². The van der Waals surface area contributed by atoms with Gasteiger partial charge in [-0.3, -0.25) is 0 Å². The lowest BCUT2D eigenvalue weighted by atomic mass is 9.75. The molecule has 0 amide bonds. The molecule has 1 aliphatic heterocycles. The van der Waals surface area contributed by atoms with E-state index in [1.807, 2.05) is 0 Å². The monoisotopic (exact) mass is 294 g/mol. The molecule has 1 saturated heterocycles. The van der Waals surface area contributed by atoms with Crippen LogP contribution in [-0.2, 0) is 0 Å². The van der Waals surface area contributed by atoms with Gasteiger partial charge in [-0.15, -0.1) is 0 Å². The number of piperidine rings is 1. The molecule has 2 rings (SSSR count). The third-order valence-corrected chi connectivity index (χ3v) is 6.10. The first-order valence-electron chi connectivity index (χ1n) is 9.46. The summed E-state index contributed by atoms with van der Waals surface area (Å²) in [5.74, 6) is 1.81. The Morgan fingerprint density at radius 1 is 1.05 bits per heavy atom. The van der Waals surface area contributed by atoms with E-state index in [1.54, 1.807) is 0 Å². The Morgan fingerprint density at radius 2 is 1.76 bits per heavy atom. The molecule has 3 unspecified atom stereocenters. The molecule has 124 valence electrons. The van der Waals surface area contributed by atoms with Gasteiger partial charge in [0.2, 0.25) is 0 Å². The number of nitrogens with zero attached hydrogens (tertiary/aromatic N) is 1. The van der Waals surface area contributed by atoms with Gasteiger partial charge < -0.3 is 10.6 Å². The number of nitrogens with two attached hydrogens (primary N) is 1. The lowest BCUT2D eigenvalue weighted by Gasteiger charge is -2.44. The van der Waals surface area contributed by atoms with Crippen LogP contribution >= 0.6 is 0 Å². The average Bonchev–Trinajstić information content (AvgIpc) is 2.45. The lowest BCUT2D eigenvalue weighted by Crippen LogP contribution is -2.47.